The summed E-state index contributed by atoms with van der Waals surface area (Å²) in [7, 11) is -3.18. The van der Waals surface area contributed by atoms with E-state index in [1.807, 2.05) is 13.8 Å². The van der Waals surface area contributed by atoms with Gasteiger partial charge in [-0.15, -0.1) is 11.6 Å². The van der Waals surface area contributed by atoms with Crippen LogP contribution < -0.4 is 4.72 Å². The topological polar surface area (TPSA) is 55.4 Å². The van der Waals surface area contributed by atoms with E-state index in [2.05, 4.69) is 4.72 Å². The molecule has 0 radical (unpaired) electrons. The van der Waals surface area contributed by atoms with Crippen LogP contribution in [0.3, 0.4) is 0 Å². The molecule has 0 amide bonds. The summed E-state index contributed by atoms with van der Waals surface area (Å²) in [6.45, 7) is 4.36. The van der Waals surface area contributed by atoms with E-state index in [0.717, 1.165) is 0 Å². The van der Waals surface area contributed by atoms with E-state index in [4.69, 9.17) is 16.3 Å². The first-order valence-electron chi connectivity index (χ1n) is 4.63. The van der Waals surface area contributed by atoms with Crippen molar-refractivity contribution >= 4 is 21.6 Å². The standard InChI is InChI=1S/C8H18ClNO3S/c1-8(2)13-6-7-14(11,12)10-5-3-4-9/h8,10H,3-7H2,1-2H3. The summed E-state index contributed by atoms with van der Waals surface area (Å²) < 4.78 is 30.1. The fourth-order valence-electron chi connectivity index (χ4n) is 0.760. The van der Waals surface area contributed by atoms with E-state index < -0.39 is 10.0 Å². The zero-order valence-corrected chi connectivity index (χ0v) is 10.2. The predicted molar refractivity (Wildman–Crippen MR) is 58.2 cm³/mol. The van der Waals surface area contributed by atoms with E-state index in [1.54, 1.807) is 0 Å². The third-order valence-electron chi connectivity index (χ3n) is 1.44. The van der Waals surface area contributed by atoms with E-state index in [-0.39, 0.29) is 18.5 Å². The molecule has 14 heavy (non-hydrogen) atoms. The molecule has 1 N–H and O–H groups in total. The zero-order valence-electron chi connectivity index (χ0n) is 8.62. The molecule has 86 valence electrons. The molecule has 0 aromatic heterocycles. The molecule has 0 saturated heterocycles. The summed E-state index contributed by atoms with van der Waals surface area (Å²) in [5.74, 6) is 0.471. The van der Waals surface area contributed by atoms with Crippen LogP contribution in [0.15, 0.2) is 0 Å². The molecule has 0 heterocycles. The van der Waals surface area contributed by atoms with Gasteiger partial charge in [0.05, 0.1) is 18.5 Å². The largest absolute Gasteiger partial charge is 0.378 e. The first kappa shape index (κ1) is 14.2. The summed E-state index contributed by atoms with van der Waals surface area (Å²) in [5, 5.41) is 0. The van der Waals surface area contributed by atoms with Crippen molar-refractivity contribution in [3.63, 3.8) is 0 Å². The first-order chi connectivity index (χ1) is 6.48. The highest BCUT2D eigenvalue weighted by atomic mass is 35.5. The smallest absolute Gasteiger partial charge is 0.213 e. The van der Waals surface area contributed by atoms with Gasteiger partial charge in [-0.25, -0.2) is 13.1 Å². The molecule has 0 spiro atoms. The molecular weight excluding hydrogens is 226 g/mol. The van der Waals surface area contributed by atoms with Gasteiger partial charge in [0, 0.05) is 12.4 Å². The highest BCUT2D eigenvalue weighted by molar-refractivity contribution is 7.89. The van der Waals surface area contributed by atoms with Gasteiger partial charge in [-0.2, -0.15) is 0 Å². The third kappa shape index (κ3) is 8.74. The Bertz CT molecular complexity index is 229. The number of nitrogens with one attached hydrogen (secondary N) is 1. The number of hydrogen-bond acceptors (Lipinski definition) is 3. The van der Waals surface area contributed by atoms with Crippen LogP contribution in [-0.4, -0.2) is 39.3 Å². The fourth-order valence-corrected chi connectivity index (χ4v) is 1.81. The van der Waals surface area contributed by atoms with Crippen LogP contribution in [0.1, 0.15) is 20.3 Å². The summed E-state index contributed by atoms with van der Waals surface area (Å²) in [4.78, 5) is 0. The Balaban J connectivity index is 3.62. The van der Waals surface area contributed by atoms with Gasteiger partial charge in [-0.3, -0.25) is 0 Å². The number of sulfonamides is 1. The Morgan fingerprint density at radius 3 is 2.57 bits per heavy atom. The molecule has 0 aliphatic carbocycles. The van der Waals surface area contributed by atoms with Crippen molar-refractivity contribution in [3.05, 3.63) is 0 Å². The highest BCUT2D eigenvalue weighted by Gasteiger charge is 2.09. The average Bonchev–Trinajstić information content (AvgIpc) is 2.03. The van der Waals surface area contributed by atoms with Gasteiger partial charge in [0.15, 0.2) is 0 Å². The fraction of sp³-hybridized carbons (Fsp3) is 1.00. The lowest BCUT2D eigenvalue weighted by molar-refractivity contribution is 0.0911. The summed E-state index contributed by atoms with van der Waals surface area (Å²) in [5.41, 5.74) is 0. The normalized spacial score (nSPS) is 12.3. The van der Waals surface area contributed by atoms with Gasteiger partial charge in [-0.05, 0) is 20.3 Å². The maximum absolute atomic E-state index is 11.3. The number of hydrogen-bond donors (Lipinski definition) is 1. The molecule has 0 unspecified atom stereocenters. The van der Waals surface area contributed by atoms with Crippen LogP contribution in [0.25, 0.3) is 0 Å². The van der Waals surface area contributed by atoms with Crippen molar-refractivity contribution in [2.75, 3.05) is 24.8 Å². The molecule has 0 fully saturated rings. The van der Waals surface area contributed by atoms with E-state index in [0.29, 0.717) is 18.8 Å². The minimum Gasteiger partial charge on any atom is -0.378 e. The van der Waals surface area contributed by atoms with Crippen LogP contribution in [0.4, 0.5) is 0 Å². The second-order valence-corrected chi connectivity index (χ2v) is 5.48. The lowest BCUT2D eigenvalue weighted by atomic mass is 10.5. The van der Waals surface area contributed by atoms with Gasteiger partial charge in [-0.1, -0.05) is 0 Å². The van der Waals surface area contributed by atoms with Crippen molar-refractivity contribution in [2.24, 2.45) is 0 Å². The maximum Gasteiger partial charge on any atom is 0.213 e. The molecule has 0 saturated carbocycles. The summed E-state index contributed by atoms with van der Waals surface area (Å²) >= 11 is 5.42. The Morgan fingerprint density at radius 2 is 2.07 bits per heavy atom. The van der Waals surface area contributed by atoms with E-state index in [1.165, 1.54) is 0 Å². The quantitative estimate of drug-likeness (QED) is 0.510. The van der Waals surface area contributed by atoms with Crippen LogP contribution in [0.2, 0.25) is 0 Å². The Hall–Kier alpha value is 0.160. The summed E-state index contributed by atoms with van der Waals surface area (Å²) in [6.07, 6.45) is 0.708. The average molecular weight is 244 g/mol. The Morgan fingerprint density at radius 1 is 1.43 bits per heavy atom. The monoisotopic (exact) mass is 243 g/mol. The van der Waals surface area contributed by atoms with Crippen molar-refractivity contribution in [2.45, 2.75) is 26.4 Å². The van der Waals surface area contributed by atoms with Crippen LogP contribution in [0.5, 0.6) is 0 Å². The van der Waals surface area contributed by atoms with E-state index in [9.17, 15) is 8.42 Å². The molecule has 0 aromatic rings. The lowest BCUT2D eigenvalue weighted by Crippen LogP contribution is -2.29. The van der Waals surface area contributed by atoms with Gasteiger partial charge < -0.3 is 4.74 Å². The first-order valence-corrected chi connectivity index (χ1v) is 6.81. The van der Waals surface area contributed by atoms with Gasteiger partial charge in [0.2, 0.25) is 10.0 Å². The highest BCUT2D eigenvalue weighted by Crippen LogP contribution is 1.91. The van der Waals surface area contributed by atoms with Gasteiger partial charge in [0.1, 0.15) is 0 Å². The Kier molecular flexibility index (Phi) is 7.54. The molecule has 0 aromatic carbocycles. The SMILES string of the molecule is CC(C)OCCS(=O)(=O)NCCCCl. The minimum absolute atomic E-state index is 0.00741. The molecule has 0 atom stereocenters. The van der Waals surface area contributed by atoms with Crippen LogP contribution in [0, 0.1) is 0 Å². The zero-order chi connectivity index (χ0) is 11.0. The van der Waals surface area contributed by atoms with Gasteiger partial charge in [0.25, 0.3) is 0 Å². The van der Waals surface area contributed by atoms with Crippen molar-refractivity contribution in [1.29, 1.82) is 0 Å². The van der Waals surface area contributed by atoms with Crippen molar-refractivity contribution in [1.82, 2.24) is 4.72 Å². The molecule has 4 nitrogen and oxygen atoms in total. The number of alkyl halides is 1. The van der Waals surface area contributed by atoms with Crippen molar-refractivity contribution in [3.8, 4) is 0 Å². The molecule has 0 aliphatic rings. The number of rotatable bonds is 8. The molecule has 0 rings (SSSR count). The number of halogens is 1. The maximum atomic E-state index is 11.3. The minimum atomic E-state index is -3.18. The third-order valence-corrected chi connectivity index (χ3v) is 3.05. The molecule has 0 bridgehead atoms. The van der Waals surface area contributed by atoms with E-state index >= 15 is 0 Å². The molecular formula is C8H18ClNO3S. The molecule has 0 aliphatic heterocycles. The van der Waals surface area contributed by atoms with Gasteiger partial charge >= 0.3 is 0 Å². The summed E-state index contributed by atoms with van der Waals surface area (Å²) in [6, 6.07) is 0. The molecule has 6 heteroatoms. The second kappa shape index (κ2) is 7.45. The Labute approximate surface area is 91.0 Å². The predicted octanol–water partition coefficient (Wildman–Crippen LogP) is 0.960. The van der Waals surface area contributed by atoms with Crippen LogP contribution >= 0.6 is 11.6 Å². The number of ether oxygens (including phenoxy) is 1. The second-order valence-electron chi connectivity index (χ2n) is 3.18. The lowest BCUT2D eigenvalue weighted by Gasteiger charge is -2.08. The van der Waals surface area contributed by atoms with Crippen molar-refractivity contribution < 1.29 is 13.2 Å². The van der Waals surface area contributed by atoms with Crippen LogP contribution in [-0.2, 0) is 14.8 Å².